The molecule has 0 amide bonds. The van der Waals surface area contributed by atoms with E-state index in [1.807, 2.05) is 43.5 Å². The Morgan fingerprint density at radius 2 is 1.71 bits per heavy atom. The summed E-state index contributed by atoms with van der Waals surface area (Å²) >= 11 is 0. The van der Waals surface area contributed by atoms with Gasteiger partial charge in [-0.15, -0.1) is 24.8 Å². The lowest BCUT2D eigenvalue weighted by Crippen LogP contribution is -1.97. The van der Waals surface area contributed by atoms with E-state index in [4.69, 9.17) is 5.11 Å². The average Bonchev–Trinajstić information content (AvgIpc) is 2.40. The first kappa shape index (κ1) is 19.4. The van der Waals surface area contributed by atoms with Crippen molar-refractivity contribution in [3.05, 3.63) is 53.3 Å². The van der Waals surface area contributed by atoms with E-state index in [0.29, 0.717) is 6.42 Å². The second-order valence-corrected chi connectivity index (χ2v) is 4.66. The van der Waals surface area contributed by atoms with Gasteiger partial charge in [-0.1, -0.05) is 24.3 Å². The molecule has 0 fully saturated rings. The van der Waals surface area contributed by atoms with Crippen LogP contribution in [0.2, 0.25) is 0 Å². The fraction of sp³-hybridized carbons (Fsp3) is 0.250. The number of aromatic nitrogens is 1. The zero-order valence-electron chi connectivity index (χ0n) is 12.0. The Balaban J connectivity index is 0.00000200. The van der Waals surface area contributed by atoms with E-state index in [1.165, 1.54) is 11.1 Å². The highest BCUT2D eigenvalue weighted by atomic mass is 35.5. The fourth-order valence-corrected chi connectivity index (χ4v) is 2.06. The van der Waals surface area contributed by atoms with Crippen molar-refractivity contribution in [2.24, 2.45) is 0 Å². The minimum absolute atomic E-state index is 0. The number of pyridine rings is 1. The molecule has 1 aromatic carbocycles. The first-order valence-electron chi connectivity index (χ1n) is 6.31. The molecule has 5 heteroatoms. The first-order chi connectivity index (χ1) is 9.08. The van der Waals surface area contributed by atoms with Crippen LogP contribution in [0.4, 0.5) is 0 Å². The van der Waals surface area contributed by atoms with Crippen molar-refractivity contribution in [3.63, 3.8) is 0 Å². The van der Waals surface area contributed by atoms with Crippen LogP contribution in [0.5, 0.6) is 0 Å². The highest BCUT2D eigenvalue weighted by molar-refractivity contribution is 5.85. The van der Waals surface area contributed by atoms with Crippen molar-refractivity contribution in [1.82, 2.24) is 4.98 Å². The normalized spacial score (nSPS) is 9.43. The van der Waals surface area contributed by atoms with Gasteiger partial charge in [-0.05, 0) is 48.6 Å². The van der Waals surface area contributed by atoms with Crippen molar-refractivity contribution in [1.29, 1.82) is 0 Å². The molecule has 0 bridgehead atoms. The van der Waals surface area contributed by atoms with Crippen LogP contribution in [0.3, 0.4) is 0 Å². The molecule has 0 aliphatic heterocycles. The summed E-state index contributed by atoms with van der Waals surface area (Å²) in [6.07, 6.45) is 2.56. The third kappa shape index (κ3) is 5.03. The topological polar surface area (TPSA) is 50.2 Å². The minimum atomic E-state index is -0.760. The van der Waals surface area contributed by atoms with Crippen molar-refractivity contribution >= 4 is 30.8 Å². The second-order valence-electron chi connectivity index (χ2n) is 4.66. The van der Waals surface area contributed by atoms with E-state index in [2.05, 4.69) is 11.9 Å². The Labute approximate surface area is 137 Å². The zero-order valence-corrected chi connectivity index (χ0v) is 13.6. The third-order valence-corrected chi connectivity index (χ3v) is 3.35. The SMILES string of the molecule is Cc1nccc(-c2ccc(CCC(=O)O)cc2)c1C.Cl.Cl. The summed E-state index contributed by atoms with van der Waals surface area (Å²) in [6, 6.07) is 10.1. The number of nitrogens with zero attached hydrogens (tertiary/aromatic N) is 1. The molecule has 1 N–H and O–H groups in total. The van der Waals surface area contributed by atoms with Gasteiger partial charge < -0.3 is 5.11 Å². The maximum Gasteiger partial charge on any atom is 0.303 e. The molecule has 1 aromatic heterocycles. The summed E-state index contributed by atoms with van der Waals surface area (Å²) in [6.45, 7) is 4.07. The van der Waals surface area contributed by atoms with Crippen LogP contribution in [-0.2, 0) is 11.2 Å². The number of carboxylic acids is 1. The van der Waals surface area contributed by atoms with Crippen LogP contribution < -0.4 is 0 Å². The predicted molar refractivity (Wildman–Crippen MR) is 89.6 cm³/mol. The number of halogens is 2. The molecule has 0 aliphatic rings. The molecule has 1 heterocycles. The predicted octanol–water partition coefficient (Wildman–Crippen LogP) is 4.23. The van der Waals surface area contributed by atoms with Crippen LogP contribution in [0.1, 0.15) is 23.2 Å². The molecule has 0 radical (unpaired) electrons. The standard InChI is InChI=1S/C16H17NO2.2ClH/c1-11-12(2)17-10-9-15(11)14-6-3-13(4-7-14)5-8-16(18)19;;/h3-4,6-7,9-10H,5,8H2,1-2H3,(H,18,19);2*1H. The average molecular weight is 328 g/mol. The van der Waals surface area contributed by atoms with Gasteiger partial charge in [0.05, 0.1) is 0 Å². The molecule has 2 aromatic rings. The van der Waals surface area contributed by atoms with Crippen LogP contribution in [-0.4, -0.2) is 16.1 Å². The number of carboxylic acid groups (broad SMARTS) is 1. The summed E-state index contributed by atoms with van der Waals surface area (Å²) in [7, 11) is 0. The molecular formula is C16H19Cl2NO2. The zero-order chi connectivity index (χ0) is 13.8. The van der Waals surface area contributed by atoms with Gasteiger partial charge in [0.2, 0.25) is 0 Å². The van der Waals surface area contributed by atoms with Gasteiger partial charge in [-0.3, -0.25) is 9.78 Å². The number of carbonyl (C=O) groups is 1. The highest BCUT2D eigenvalue weighted by Gasteiger charge is 2.05. The van der Waals surface area contributed by atoms with Crippen molar-refractivity contribution in [3.8, 4) is 11.1 Å². The Bertz CT molecular complexity index is 598. The fourth-order valence-electron chi connectivity index (χ4n) is 2.06. The lowest BCUT2D eigenvalue weighted by molar-refractivity contribution is -0.136. The summed E-state index contributed by atoms with van der Waals surface area (Å²) < 4.78 is 0. The maximum atomic E-state index is 10.5. The van der Waals surface area contributed by atoms with Gasteiger partial charge in [0.15, 0.2) is 0 Å². The van der Waals surface area contributed by atoms with E-state index in [-0.39, 0.29) is 31.2 Å². The number of aliphatic carboxylic acids is 1. The largest absolute Gasteiger partial charge is 0.481 e. The summed E-state index contributed by atoms with van der Waals surface area (Å²) in [5.41, 5.74) is 5.59. The van der Waals surface area contributed by atoms with Crippen molar-refractivity contribution in [2.45, 2.75) is 26.7 Å². The number of benzene rings is 1. The molecule has 114 valence electrons. The summed E-state index contributed by atoms with van der Waals surface area (Å²) in [5.74, 6) is -0.760. The molecule has 0 aliphatic carbocycles. The maximum absolute atomic E-state index is 10.5. The molecule has 0 atom stereocenters. The van der Waals surface area contributed by atoms with E-state index in [1.54, 1.807) is 0 Å². The van der Waals surface area contributed by atoms with Gasteiger partial charge in [-0.25, -0.2) is 0 Å². The summed E-state index contributed by atoms with van der Waals surface area (Å²) in [4.78, 5) is 14.8. The molecule has 0 saturated heterocycles. The molecule has 21 heavy (non-hydrogen) atoms. The molecular weight excluding hydrogens is 309 g/mol. The van der Waals surface area contributed by atoms with Crippen LogP contribution in [0.15, 0.2) is 36.5 Å². The molecule has 0 spiro atoms. The Hall–Kier alpha value is -1.58. The number of aryl methyl sites for hydroxylation is 2. The minimum Gasteiger partial charge on any atom is -0.481 e. The third-order valence-electron chi connectivity index (χ3n) is 3.35. The van der Waals surface area contributed by atoms with E-state index < -0.39 is 5.97 Å². The Morgan fingerprint density at radius 1 is 1.10 bits per heavy atom. The molecule has 0 unspecified atom stereocenters. The lowest BCUT2D eigenvalue weighted by atomic mass is 9.98. The van der Waals surface area contributed by atoms with Crippen molar-refractivity contribution < 1.29 is 9.90 Å². The van der Waals surface area contributed by atoms with Gasteiger partial charge >= 0.3 is 5.97 Å². The first-order valence-corrected chi connectivity index (χ1v) is 6.31. The van der Waals surface area contributed by atoms with Crippen LogP contribution >= 0.6 is 24.8 Å². The number of hydrogen-bond acceptors (Lipinski definition) is 2. The Kier molecular flexibility index (Phi) is 8.00. The lowest BCUT2D eigenvalue weighted by Gasteiger charge is -2.08. The van der Waals surface area contributed by atoms with E-state index in [0.717, 1.165) is 16.8 Å². The molecule has 3 nitrogen and oxygen atoms in total. The Morgan fingerprint density at radius 3 is 2.29 bits per heavy atom. The van der Waals surface area contributed by atoms with Crippen LogP contribution in [0, 0.1) is 13.8 Å². The van der Waals surface area contributed by atoms with Gasteiger partial charge in [0, 0.05) is 18.3 Å². The smallest absolute Gasteiger partial charge is 0.303 e. The number of hydrogen-bond donors (Lipinski definition) is 1. The number of rotatable bonds is 4. The quantitative estimate of drug-likeness (QED) is 0.914. The highest BCUT2D eigenvalue weighted by Crippen LogP contribution is 2.24. The van der Waals surface area contributed by atoms with Gasteiger partial charge in [0.25, 0.3) is 0 Å². The van der Waals surface area contributed by atoms with E-state index in [9.17, 15) is 4.79 Å². The molecule has 2 rings (SSSR count). The second kappa shape index (κ2) is 8.65. The van der Waals surface area contributed by atoms with Crippen molar-refractivity contribution in [2.75, 3.05) is 0 Å². The molecule has 0 saturated carbocycles. The monoisotopic (exact) mass is 327 g/mol. The van der Waals surface area contributed by atoms with E-state index >= 15 is 0 Å². The van der Waals surface area contributed by atoms with Gasteiger partial charge in [0.1, 0.15) is 0 Å². The van der Waals surface area contributed by atoms with Crippen LogP contribution in [0.25, 0.3) is 11.1 Å². The summed E-state index contributed by atoms with van der Waals surface area (Å²) in [5, 5.41) is 8.67. The van der Waals surface area contributed by atoms with Gasteiger partial charge in [-0.2, -0.15) is 0 Å².